The second-order valence-electron chi connectivity index (χ2n) is 4.66. The van der Waals surface area contributed by atoms with Crippen molar-refractivity contribution in [3.63, 3.8) is 0 Å². The molecule has 0 bridgehead atoms. The molecule has 3 nitrogen and oxygen atoms in total. The van der Waals surface area contributed by atoms with E-state index in [1.807, 2.05) is 13.8 Å². The highest BCUT2D eigenvalue weighted by molar-refractivity contribution is 5.88. The quantitative estimate of drug-likeness (QED) is 0.668. The Hall–Kier alpha value is -0.410. The van der Waals surface area contributed by atoms with Crippen LogP contribution in [0.25, 0.3) is 0 Å². The minimum Gasteiger partial charge on any atom is -0.387 e. The van der Waals surface area contributed by atoms with E-state index in [0.29, 0.717) is 0 Å². The topological polar surface area (TPSA) is 46.5 Å². The average Bonchev–Trinajstić information content (AvgIpc) is 1.98. The second kappa shape index (κ2) is 3.07. The third-order valence-electron chi connectivity index (χ3n) is 2.90. The Kier molecular flexibility index (Phi) is 2.52. The molecular weight excluding hydrogens is 168 g/mol. The fourth-order valence-corrected chi connectivity index (χ4v) is 1.30. The van der Waals surface area contributed by atoms with Crippen LogP contribution in [0.15, 0.2) is 0 Å². The van der Waals surface area contributed by atoms with Crippen LogP contribution in [-0.2, 0) is 9.53 Å². The molecule has 0 saturated carbocycles. The molecule has 1 fully saturated rings. The maximum absolute atomic E-state index is 11.6. The minimum absolute atomic E-state index is 0.0186. The fraction of sp³-hybridized carbons (Fsp3) is 0.900. The Labute approximate surface area is 79.1 Å². The fourth-order valence-electron chi connectivity index (χ4n) is 1.30. The van der Waals surface area contributed by atoms with E-state index in [0.717, 1.165) is 0 Å². The van der Waals surface area contributed by atoms with E-state index < -0.39 is 11.2 Å². The van der Waals surface area contributed by atoms with Crippen molar-refractivity contribution in [2.24, 2.45) is 5.92 Å². The van der Waals surface area contributed by atoms with Gasteiger partial charge in [-0.25, -0.2) is 0 Å². The van der Waals surface area contributed by atoms with Gasteiger partial charge >= 0.3 is 0 Å². The van der Waals surface area contributed by atoms with Crippen LogP contribution < -0.4 is 0 Å². The number of Topliss-reactive ketones (excluding diaryl/α,β-unsaturated/α-hetero) is 1. The highest BCUT2D eigenvalue weighted by Gasteiger charge is 2.45. The van der Waals surface area contributed by atoms with Gasteiger partial charge < -0.3 is 9.84 Å². The van der Waals surface area contributed by atoms with Crippen molar-refractivity contribution in [1.29, 1.82) is 0 Å². The standard InChI is InChI=1S/C10H18O3/c1-7(2)10(12)5-8(11)9(3,4)13-6-10/h7,12H,5-6H2,1-4H3. The van der Waals surface area contributed by atoms with Gasteiger partial charge in [-0.05, 0) is 19.8 Å². The number of carbonyl (C=O) groups is 1. The molecule has 0 aromatic rings. The van der Waals surface area contributed by atoms with Gasteiger partial charge in [-0.15, -0.1) is 0 Å². The molecule has 1 N–H and O–H groups in total. The third-order valence-corrected chi connectivity index (χ3v) is 2.90. The van der Waals surface area contributed by atoms with Gasteiger partial charge in [0.05, 0.1) is 12.2 Å². The molecule has 1 aliphatic heterocycles. The van der Waals surface area contributed by atoms with Crippen LogP contribution in [-0.4, -0.2) is 28.7 Å². The van der Waals surface area contributed by atoms with Crippen LogP contribution in [0.5, 0.6) is 0 Å². The first-order valence-corrected chi connectivity index (χ1v) is 4.67. The van der Waals surface area contributed by atoms with Crippen LogP contribution in [0.4, 0.5) is 0 Å². The SMILES string of the molecule is CC(C)C1(O)COC(C)(C)C(=O)C1. The predicted octanol–water partition coefficient (Wildman–Crippen LogP) is 1.14. The summed E-state index contributed by atoms with van der Waals surface area (Å²) in [5.74, 6) is 0.0301. The predicted molar refractivity (Wildman–Crippen MR) is 49.4 cm³/mol. The zero-order valence-corrected chi connectivity index (χ0v) is 8.76. The zero-order chi connectivity index (χ0) is 10.3. The second-order valence-corrected chi connectivity index (χ2v) is 4.66. The largest absolute Gasteiger partial charge is 0.387 e. The molecule has 0 aromatic carbocycles. The summed E-state index contributed by atoms with van der Waals surface area (Å²) < 4.78 is 5.35. The molecule has 76 valence electrons. The molecule has 1 saturated heterocycles. The van der Waals surface area contributed by atoms with Crippen molar-refractivity contribution in [2.45, 2.75) is 45.3 Å². The molecule has 0 radical (unpaired) electrons. The lowest BCUT2D eigenvalue weighted by molar-refractivity contribution is -0.183. The number of ether oxygens (including phenoxy) is 1. The van der Waals surface area contributed by atoms with Crippen molar-refractivity contribution < 1.29 is 14.6 Å². The van der Waals surface area contributed by atoms with E-state index in [4.69, 9.17) is 4.74 Å². The number of hydrogen-bond donors (Lipinski definition) is 1. The molecule has 0 aliphatic carbocycles. The normalized spacial score (nSPS) is 33.8. The van der Waals surface area contributed by atoms with Crippen LogP contribution in [0.2, 0.25) is 0 Å². The van der Waals surface area contributed by atoms with Crippen molar-refractivity contribution in [3.8, 4) is 0 Å². The van der Waals surface area contributed by atoms with E-state index in [1.165, 1.54) is 0 Å². The molecule has 0 amide bonds. The Morgan fingerprint density at radius 3 is 2.38 bits per heavy atom. The smallest absolute Gasteiger partial charge is 0.167 e. The summed E-state index contributed by atoms with van der Waals surface area (Å²) in [6, 6.07) is 0. The molecular formula is C10H18O3. The average molecular weight is 186 g/mol. The number of ketones is 1. The third kappa shape index (κ3) is 1.92. The minimum atomic E-state index is -0.966. The Morgan fingerprint density at radius 1 is 1.46 bits per heavy atom. The van der Waals surface area contributed by atoms with Crippen molar-refractivity contribution in [1.82, 2.24) is 0 Å². The lowest BCUT2D eigenvalue weighted by Gasteiger charge is -2.41. The summed E-state index contributed by atoms with van der Waals surface area (Å²) in [7, 11) is 0. The summed E-state index contributed by atoms with van der Waals surface area (Å²) in [6.07, 6.45) is 0.206. The first-order valence-electron chi connectivity index (χ1n) is 4.67. The molecule has 1 rings (SSSR count). The maximum atomic E-state index is 11.6. The molecule has 1 unspecified atom stereocenters. The zero-order valence-electron chi connectivity index (χ0n) is 8.76. The number of rotatable bonds is 1. The summed E-state index contributed by atoms with van der Waals surface area (Å²) in [5, 5.41) is 10.0. The summed E-state index contributed by atoms with van der Waals surface area (Å²) >= 11 is 0. The number of hydrogen-bond acceptors (Lipinski definition) is 3. The van der Waals surface area contributed by atoms with Gasteiger partial charge in [-0.1, -0.05) is 13.8 Å². The first kappa shape index (κ1) is 10.7. The van der Waals surface area contributed by atoms with Crippen LogP contribution in [0, 0.1) is 5.92 Å². The van der Waals surface area contributed by atoms with Gasteiger partial charge in [-0.2, -0.15) is 0 Å². The van der Waals surface area contributed by atoms with Crippen LogP contribution in [0.1, 0.15) is 34.1 Å². The molecule has 13 heavy (non-hydrogen) atoms. The van der Waals surface area contributed by atoms with E-state index in [2.05, 4.69) is 0 Å². The van der Waals surface area contributed by atoms with E-state index in [1.54, 1.807) is 13.8 Å². The van der Waals surface area contributed by atoms with Gasteiger partial charge in [0.1, 0.15) is 5.60 Å². The lowest BCUT2D eigenvalue weighted by atomic mass is 9.80. The lowest BCUT2D eigenvalue weighted by Crippen LogP contribution is -2.54. The summed E-state index contributed by atoms with van der Waals surface area (Å²) in [5.41, 5.74) is -1.69. The van der Waals surface area contributed by atoms with Crippen molar-refractivity contribution >= 4 is 5.78 Å². The van der Waals surface area contributed by atoms with E-state index >= 15 is 0 Å². The van der Waals surface area contributed by atoms with E-state index in [-0.39, 0.29) is 24.7 Å². The summed E-state index contributed by atoms with van der Waals surface area (Å²) in [4.78, 5) is 11.6. The van der Waals surface area contributed by atoms with Gasteiger partial charge in [0, 0.05) is 6.42 Å². The van der Waals surface area contributed by atoms with Crippen LogP contribution >= 0.6 is 0 Å². The van der Waals surface area contributed by atoms with E-state index in [9.17, 15) is 9.90 Å². The van der Waals surface area contributed by atoms with Gasteiger partial charge in [0.15, 0.2) is 5.78 Å². The maximum Gasteiger partial charge on any atom is 0.167 e. The number of carbonyl (C=O) groups excluding carboxylic acids is 1. The number of aliphatic hydroxyl groups is 1. The Morgan fingerprint density at radius 2 is 2.00 bits per heavy atom. The Balaban J connectivity index is 2.76. The Bertz CT molecular complexity index is 220. The van der Waals surface area contributed by atoms with Crippen LogP contribution in [0.3, 0.4) is 0 Å². The summed E-state index contributed by atoms with van der Waals surface area (Å²) in [6.45, 7) is 7.54. The monoisotopic (exact) mass is 186 g/mol. The van der Waals surface area contributed by atoms with Crippen molar-refractivity contribution in [3.05, 3.63) is 0 Å². The molecule has 3 heteroatoms. The van der Waals surface area contributed by atoms with Gasteiger partial charge in [0.25, 0.3) is 0 Å². The molecule has 1 atom stereocenters. The highest BCUT2D eigenvalue weighted by atomic mass is 16.5. The first-order chi connectivity index (χ1) is 5.78. The highest BCUT2D eigenvalue weighted by Crippen LogP contribution is 2.31. The van der Waals surface area contributed by atoms with Crippen molar-refractivity contribution in [2.75, 3.05) is 6.61 Å². The molecule has 0 aromatic heterocycles. The molecule has 1 aliphatic rings. The van der Waals surface area contributed by atoms with Gasteiger partial charge in [-0.3, -0.25) is 4.79 Å². The molecule has 1 heterocycles. The van der Waals surface area contributed by atoms with Gasteiger partial charge in [0.2, 0.25) is 0 Å². The molecule has 0 spiro atoms.